The van der Waals surface area contributed by atoms with Gasteiger partial charge in [0.25, 0.3) is 0 Å². The van der Waals surface area contributed by atoms with Crippen molar-refractivity contribution >= 4 is 0 Å². The Morgan fingerprint density at radius 1 is 1.40 bits per heavy atom. The Morgan fingerprint density at radius 2 is 2.15 bits per heavy atom. The third kappa shape index (κ3) is 3.22. The molecule has 0 bridgehead atoms. The standard InChI is InChI=1S/C17H28N2O/c1-14-7-4-5-8-15(14)12-19(2)17(13-18)10-6-9-16(11-17)20-3/h4-5,7-8,16H,6,9-13,18H2,1-3H3. The summed E-state index contributed by atoms with van der Waals surface area (Å²) < 4.78 is 5.59. The summed E-state index contributed by atoms with van der Waals surface area (Å²) in [4.78, 5) is 2.44. The van der Waals surface area contributed by atoms with E-state index in [0.717, 1.165) is 19.4 Å². The largest absolute Gasteiger partial charge is 0.381 e. The van der Waals surface area contributed by atoms with Crippen molar-refractivity contribution in [2.24, 2.45) is 5.73 Å². The highest BCUT2D eigenvalue weighted by Gasteiger charge is 2.38. The Labute approximate surface area is 123 Å². The maximum atomic E-state index is 6.15. The van der Waals surface area contributed by atoms with Gasteiger partial charge in [-0.1, -0.05) is 24.3 Å². The van der Waals surface area contributed by atoms with E-state index in [1.54, 1.807) is 0 Å². The van der Waals surface area contributed by atoms with E-state index in [-0.39, 0.29) is 5.54 Å². The molecular formula is C17H28N2O. The number of nitrogens with two attached hydrogens (primary N) is 1. The Kier molecular flexibility index (Phi) is 5.19. The quantitative estimate of drug-likeness (QED) is 0.898. The van der Waals surface area contributed by atoms with Crippen LogP contribution in [0.25, 0.3) is 0 Å². The van der Waals surface area contributed by atoms with Gasteiger partial charge < -0.3 is 10.5 Å². The second-order valence-electron chi connectivity index (χ2n) is 6.17. The van der Waals surface area contributed by atoms with Crippen LogP contribution in [0.5, 0.6) is 0 Å². The first-order valence-corrected chi connectivity index (χ1v) is 7.60. The number of rotatable bonds is 5. The number of ether oxygens (including phenoxy) is 1. The second-order valence-corrected chi connectivity index (χ2v) is 6.17. The van der Waals surface area contributed by atoms with Gasteiger partial charge in [-0.25, -0.2) is 0 Å². The molecule has 0 aromatic heterocycles. The van der Waals surface area contributed by atoms with Crippen molar-refractivity contribution in [3.63, 3.8) is 0 Å². The third-order valence-electron chi connectivity index (χ3n) is 4.97. The van der Waals surface area contributed by atoms with Gasteiger partial charge >= 0.3 is 0 Å². The molecule has 3 nitrogen and oxygen atoms in total. The molecule has 1 aliphatic carbocycles. The number of aryl methyl sites for hydroxylation is 1. The number of hydrogen-bond acceptors (Lipinski definition) is 3. The molecule has 2 unspecified atom stereocenters. The molecule has 1 aromatic rings. The number of nitrogens with zero attached hydrogens (tertiary/aromatic N) is 1. The predicted octanol–water partition coefficient (Wildman–Crippen LogP) is 2.71. The molecule has 2 atom stereocenters. The third-order valence-corrected chi connectivity index (χ3v) is 4.97. The van der Waals surface area contributed by atoms with Gasteiger partial charge in [-0.2, -0.15) is 0 Å². The highest BCUT2D eigenvalue weighted by Crippen LogP contribution is 2.34. The highest BCUT2D eigenvalue weighted by atomic mass is 16.5. The van der Waals surface area contributed by atoms with Crippen LogP contribution in [0, 0.1) is 6.92 Å². The molecule has 0 aliphatic heterocycles. The lowest BCUT2D eigenvalue weighted by molar-refractivity contribution is -0.0149. The normalized spacial score (nSPS) is 26.9. The first kappa shape index (κ1) is 15.5. The summed E-state index contributed by atoms with van der Waals surface area (Å²) in [7, 11) is 4.02. The molecule has 1 saturated carbocycles. The van der Waals surface area contributed by atoms with E-state index in [0.29, 0.717) is 12.6 Å². The molecule has 112 valence electrons. The van der Waals surface area contributed by atoms with Gasteiger partial charge in [0.2, 0.25) is 0 Å². The summed E-state index contributed by atoms with van der Waals surface area (Å²) in [6.07, 6.45) is 4.94. The summed E-state index contributed by atoms with van der Waals surface area (Å²) in [6.45, 7) is 3.84. The van der Waals surface area contributed by atoms with Crippen LogP contribution in [-0.2, 0) is 11.3 Å². The van der Waals surface area contributed by atoms with E-state index >= 15 is 0 Å². The molecule has 20 heavy (non-hydrogen) atoms. The Morgan fingerprint density at radius 3 is 2.80 bits per heavy atom. The summed E-state index contributed by atoms with van der Waals surface area (Å²) in [5, 5.41) is 0. The fourth-order valence-corrected chi connectivity index (χ4v) is 3.39. The molecule has 1 aliphatic rings. The van der Waals surface area contributed by atoms with Crippen molar-refractivity contribution in [2.45, 2.75) is 50.8 Å². The van der Waals surface area contributed by atoms with Crippen molar-refractivity contribution < 1.29 is 4.74 Å². The summed E-state index contributed by atoms with van der Waals surface area (Å²) in [5.74, 6) is 0. The smallest absolute Gasteiger partial charge is 0.0589 e. The van der Waals surface area contributed by atoms with E-state index in [1.165, 1.54) is 24.0 Å². The average Bonchev–Trinajstić information content (AvgIpc) is 2.49. The number of benzene rings is 1. The summed E-state index contributed by atoms with van der Waals surface area (Å²) in [5.41, 5.74) is 8.98. The lowest BCUT2D eigenvalue weighted by Crippen LogP contribution is -2.55. The monoisotopic (exact) mass is 276 g/mol. The SMILES string of the molecule is COC1CCCC(CN)(N(C)Cc2ccccc2C)C1. The van der Waals surface area contributed by atoms with E-state index in [2.05, 4.69) is 43.1 Å². The van der Waals surface area contributed by atoms with Gasteiger partial charge in [0, 0.05) is 25.7 Å². The average molecular weight is 276 g/mol. The maximum absolute atomic E-state index is 6.15. The molecule has 0 radical (unpaired) electrons. The number of likely N-dealkylation sites (N-methyl/N-ethyl adjacent to an activating group) is 1. The topological polar surface area (TPSA) is 38.5 Å². The highest BCUT2D eigenvalue weighted by molar-refractivity contribution is 5.25. The predicted molar refractivity (Wildman–Crippen MR) is 83.7 cm³/mol. The molecule has 2 rings (SSSR count). The Balaban J connectivity index is 2.12. The molecule has 1 aromatic carbocycles. The molecule has 2 N–H and O–H groups in total. The Bertz CT molecular complexity index is 435. The van der Waals surface area contributed by atoms with Gasteiger partial charge in [-0.05, 0) is 50.8 Å². The van der Waals surface area contributed by atoms with E-state index < -0.39 is 0 Å². The van der Waals surface area contributed by atoms with Gasteiger partial charge in [-0.3, -0.25) is 4.90 Å². The molecule has 1 fully saturated rings. The van der Waals surface area contributed by atoms with E-state index in [4.69, 9.17) is 10.5 Å². The van der Waals surface area contributed by atoms with Crippen molar-refractivity contribution in [2.75, 3.05) is 20.7 Å². The zero-order chi connectivity index (χ0) is 14.6. The van der Waals surface area contributed by atoms with Crippen LogP contribution in [0.15, 0.2) is 24.3 Å². The van der Waals surface area contributed by atoms with Gasteiger partial charge in [0.05, 0.1) is 6.10 Å². The van der Waals surface area contributed by atoms with Crippen molar-refractivity contribution in [1.82, 2.24) is 4.90 Å². The minimum Gasteiger partial charge on any atom is -0.381 e. The molecule has 3 heteroatoms. The molecule has 0 saturated heterocycles. The summed E-state index contributed by atoms with van der Waals surface area (Å²) >= 11 is 0. The van der Waals surface area contributed by atoms with Crippen LogP contribution in [0.3, 0.4) is 0 Å². The number of hydrogen-bond donors (Lipinski definition) is 1. The molecule has 0 heterocycles. The first-order chi connectivity index (χ1) is 9.61. The van der Waals surface area contributed by atoms with Gasteiger partial charge in [0.1, 0.15) is 0 Å². The van der Waals surface area contributed by atoms with Crippen LogP contribution in [0.1, 0.15) is 36.8 Å². The lowest BCUT2D eigenvalue weighted by atomic mass is 9.78. The fraction of sp³-hybridized carbons (Fsp3) is 0.647. The Hall–Kier alpha value is -0.900. The molecule has 0 amide bonds. The minimum atomic E-state index is 0.0845. The van der Waals surface area contributed by atoms with Crippen LogP contribution in [0.4, 0.5) is 0 Å². The molecule has 0 spiro atoms. The number of methoxy groups -OCH3 is 1. The maximum Gasteiger partial charge on any atom is 0.0589 e. The molecular weight excluding hydrogens is 248 g/mol. The van der Waals surface area contributed by atoms with Crippen molar-refractivity contribution in [3.05, 3.63) is 35.4 Å². The van der Waals surface area contributed by atoms with Gasteiger partial charge in [-0.15, -0.1) is 0 Å². The minimum absolute atomic E-state index is 0.0845. The van der Waals surface area contributed by atoms with Crippen LogP contribution >= 0.6 is 0 Å². The summed E-state index contributed by atoms with van der Waals surface area (Å²) in [6, 6.07) is 8.60. The van der Waals surface area contributed by atoms with Crippen LogP contribution < -0.4 is 5.73 Å². The van der Waals surface area contributed by atoms with Gasteiger partial charge in [0.15, 0.2) is 0 Å². The zero-order valence-electron chi connectivity index (χ0n) is 13.1. The fourth-order valence-electron chi connectivity index (χ4n) is 3.39. The van der Waals surface area contributed by atoms with Crippen molar-refractivity contribution in [1.29, 1.82) is 0 Å². The van der Waals surface area contributed by atoms with E-state index in [1.807, 2.05) is 7.11 Å². The van der Waals surface area contributed by atoms with Crippen LogP contribution in [-0.4, -0.2) is 37.2 Å². The zero-order valence-corrected chi connectivity index (χ0v) is 13.1. The second kappa shape index (κ2) is 6.70. The van der Waals surface area contributed by atoms with Crippen LogP contribution in [0.2, 0.25) is 0 Å². The van der Waals surface area contributed by atoms with E-state index in [9.17, 15) is 0 Å². The lowest BCUT2D eigenvalue weighted by Gasteiger charge is -2.46. The van der Waals surface area contributed by atoms with Crippen molar-refractivity contribution in [3.8, 4) is 0 Å². The first-order valence-electron chi connectivity index (χ1n) is 7.60.